The van der Waals surface area contributed by atoms with Crippen molar-refractivity contribution < 1.29 is 14.2 Å². The van der Waals surface area contributed by atoms with Crippen molar-refractivity contribution >= 4 is 0 Å². The van der Waals surface area contributed by atoms with Crippen LogP contribution >= 0.6 is 0 Å². The van der Waals surface area contributed by atoms with Crippen molar-refractivity contribution in [3.05, 3.63) is 47.2 Å². The molecule has 1 aromatic heterocycles. The molecule has 0 amide bonds. The summed E-state index contributed by atoms with van der Waals surface area (Å²) in [5.41, 5.74) is 2.59. The van der Waals surface area contributed by atoms with E-state index in [0.717, 1.165) is 24.0 Å². The highest BCUT2D eigenvalue weighted by Crippen LogP contribution is 2.41. The Hall–Kier alpha value is -2.74. The standard InChI is InChI=1S/C17H16N2O3/c1-20-15-8-11(9-18)7-12-3-5-14(22-17(12)15)13-4-6-16(21-2)19-10-13/h4,6-8,10,14H,3,5H2,1-2H3. The molecule has 1 aromatic carbocycles. The lowest BCUT2D eigenvalue weighted by molar-refractivity contribution is 0.168. The van der Waals surface area contributed by atoms with Gasteiger partial charge in [-0.3, -0.25) is 0 Å². The topological polar surface area (TPSA) is 64.4 Å². The zero-order valence-corrected chi connectivity index (χ0v) is 12.5. The van der Waals surface area contributed by atoms with Gasteiger partial charge in [0, 0.05) is 23.9 Å². The number of hydrogen-bond acceptors (Lipinski definition) is 5. The van der Waals surface area contributed by atoms with Gasteiger partial charge in [0.2, 0.25) is 5.88 Å². The number of hydrogen-bond donors (Lipinski definition) is 0. The molecule has 1 unspecified atom stereocenters. The number of nitriles is 1. The van der Waals surface area contributed by atoms with Gasteiger partial charge >= 0.3 is 0 Å². The van der Waals surface area contributed by atoms with Crippen LogP contribution in [0.2, 0.25) is 0 Å². The Labute approximate surface area is 129 Å². The molecule has 0 saturated carbocycles. The molecule has 0 N–H and O–H groups in total. The maximum absolute atomic E-state index is 9.07. The molecule has 0 fully saturated rings. The molecule has 0 aliphatic carbocycles. The lowest BCUT2D eigenvalue weighted by Gasteiger charge is -2.27. The summed E-state index contributed by atoms with van der Waals surface area (Å²) in [6.07, 6.45) is 3.36. The Morgan fingerprint density at radius 2 is 2.14 bits per heavy atom. The molecule has 5 nitrogen and oxygen atoms in total. The van der Waals surface area contributed by atoms with Gasteiger partial charge < -0.3 is 14.2 Å². The normalized spacial score (nSPS) is 16.1. The Morgan fingerprint density at radius 1 is 1.27 bits per heavy atom. The molecule has 3 rings (SSSR count). The monoisotopic (exact) mass is 296 g/mol. The first kappa shape index (κ1) is 14.2. The van der Waals surface area contributed by atoms with Crippen LogP contribution in [0.3, 0.4) is 0 Å². The molecule has 112 valence electrons. The molecule has 1 aliphatic heterocycles. The highest BCUT2D eigenvalue weighted by molar-refractivity contribution is 5.53. The molecule has 2 heterocycles. The SMILES string of the molecule is COc1ccc(C2CCc3cc(C#N)cc(OC)c3O2)cn1. The summed E-state index contributed by atoms with van der Waals surface area (Å²) in [5, 5.41) is 9.07. The number of nitrogens with zero attached hydrogens (tertiary/aromatic N) is 2. The van der Waals surface area contributed by atoms with E-state index in [1.54, 1.807) is 26.5 Å². The number of benzene rings is 1. The van der Waals surface area contributed by atoms with E-state index in [-0.39, 0.29) is 6.10 Å². The molecular weight excluding hydrogens is 280 g/mol. The van der Waals surface area contributed by atoms with Crippen molar-refractivity contribution in [3.8, 4) is 23.4 Å². The van der Waals surface area contributed by atoms with E-state index in [1.807, 2.05) is 18.2 Å². The molecule has 2 aromatic rings. The van der Waals surface area contributed by atoms with Gasteiger partial charge in [0.05, 0.1) is 25.9 Å². The molecule has 0 bridgehead atoms. The van der Waals surface area contributed by atoms with Crippen LogP contribution in [0.25, 0.3) is 0 Å². The summed E-state index contributed by atoms with van der Waals surface area (Å²) in [7, 11) is 3.17. The summed E-state index contributed by atoms with van der Waals surface area (Å²) >= 11 is 0. The quantitative estimate of drug-likeness (QED) is 0.871. The number of fused-ring (bicyclic) bond motifs is 1. The Bertz CT molecular complexity index is 703. The Balaban J connectivity index is 1.91. The van der Waals surface area contributed by atoms with Crippen LogP contribution in [0.15, 0.2) is 30.5 Å². The van der Waals surface area contributed by atoms with Crippen LogP contribution in [0.1, 0.15) is 29.2 Å². The molecule has 0 spiro atoms. The molecule has 0 radical (unpaired) electrons. The number of pyridine rings is 1. The third kappa shape index (κ3) is 2.56. The molecule has 5 heteroatoms. The first-order valence-corrected chi connectivity index (χ1v) is 7.02. The molecule has 0 saturated heterocycles. The first-order valence-electron chi connectivity index (χ1n) is 7.02. The molecule has 22 heavy (non-hydrogen) atoms. The second-order valence-electron chi connectivity index (χ2n) is 5.06. The van der Waals surface area contributed by atoms with Crippen molar-refractivity contribution in [1.82, 2.24) is 4.98 Å². The summed E-state index contributed by atoms with van der Waals surface area (Å²) in [6.45, 7) is 0. The predicted molar refractivity (Wildman–Crippen MR) is 80.2 cm³/mol. The van der Waals surface area contributed by atoms with E-state index in [0.29, 0.717) is 22.9 Å². The van der Waals surface area contributed by atoms with Gasteiger partial charge in [-0.15, -0.1) is 0 Å². The highest BCUT2D eigenvalue weighted by Gasteiger charge is 2.25. The van der Waals surface area contributed by atoms with Crippen LogP contribution in [-0.4, -0.2) is 19.2 Å². The minimum Gasteiger partial charge on any atom is -0.493 e. The molecular formula is C17H16N2O3. The summed E-state index contributed by atoms with van der Waals surface area (Å²) in [4.78, 5) is 4.22. The van der Waals surface area contributed by atoms with Crippen LogP contribution < -0.4 is 14.2 Å². The minimum atomic E-state index is -0.0762. The second-order valence-corrected chi connectivity index (χ2v) is 5.06. The maximum Gasteiger partial charge on any atom is 0.212 e. The van der Waals surface area contributed by atoms with Gasteiger partial charge in [0.1, 0.15) is 6.10 Å². The lowest BCUT2D eigenvalue weighted by atomic mass is 9.96. The summed E-state index contributed by atoms with van der Waals surface area (Å²) in [5.74, 6) is 1.89. The average molecular weight is 296 g/mol. The Morgan fingerprint density at radius 3 is 2.77 bits per heavy atom. The van der Waals surface area contributed by atoms with Crippen molar-refractivity contribution in [2.45, 2.75) is 18.9 Å². The zero-order valence-electron chi connectivity index (χ0n) is 12.5. The van der Waals surface area contributed by atoms with Crippen molar-refractivity contribution in [2.75, 3.05) is 14.2 Å². The van der Waals surface area contributed by atoms with Crippen LogP contribution in [0.4, 0.5) is 0 Å². The van der Waals surface area contributed by atoms with E-state index in [4.69, 9.17) is 19.5 Å². The smallest absolute Gasteiger partial charge is 0.212 e. The zero-order chi connectivity index (χ0) is 15.5. The van der Waals surface area contributed by atoms with Gasteiger partial charge in [-0.25, -0.2) is 4.98 Å². The van der Waals surface area contributed by atoms with Crippen LogP contribution in [0, 0.1) is 11.3 Å². The van der Waals surface area contributed by atoms with Crippen LogP contribution in [-0.2, 0) is 6.42 Å². The van der Waals surface area contributed by atoms with Crippen LogP contribution in [0.5, 0.6) is 17.4 Å². The number of aryl methyl sites for hydroxylation is 1. The van der Waals surface area contributed by atoms with E-state index in [9.17, 15) is 0 Å². The first-order chi connectivity index (χ1) is 10.7. The summed E-state index contributed by atoms with van der Waals surface area (Å²) < 4.78 is 16.5. The fourth-order valence-corrected chi connectivity index (χ4v) is 2.62. The Kier molecular flexibility index (Phi) is 3.84. The highest BCUT2D eigenvalue weighted by atomic mass is 16.5. The van der Waals surface area contributed by atoms with E-state index < -0.39 is 0 Å². The van der Waals surface area contributed by atoms with Gasteiger partial charge in [-0.2, -0.15) is 5.26 Å². The fraction of sp³-hybridized carbons (Fsp3) is 0.294. The van der Waals surface area contributed by atoms with E-state index >= 15 is 0 Å². The number of ether oxygens (including phenoxy) is 3. The van der Waals surface area contributed by atoms with E-state index in [1.165, 1.54) is 0 Å². The molecule has 1 atom stereocenters. The largest absolute Gasteiger partial charge is 0.493 e. The number of methoxy groups -OCH3 is 2. The van der Waals surface area contributed by atoms with Gasteiger partial charge in [0.15, 0.2) is 11.5 Å². The number of aromatic nitrogens is 1. The van der Waals surface area contributed by atoms with Crippen molar-refractivity contribution in [3.63, 3.8) is 0 Å². The van der Waals surface area contributed by atoms with Gasteiger partial charge in [-0.05, 0) is 30.5 Å². The molecule has 1 aliphatic rings. The predicted octanol–water partition coefficient (Wildman–Crippen LogP) is 3.04. The maximum atomic E-state index is 9.07. The third-order valence-electron chi connectivity index (χ3n) is 3.76. The second kappa shape index (κ2) is 5.94. The fourth-order valence-electron chi connectivity index (χ4n) is 2.62. The number of rotatable bonds is 3. The van der Waals surface area contributed by atoms with Gasteiger partial charge in [-0.1, -0.05) is 0 Å². The minimum absolute atomic E-state index is 0.0762. The van der Waals surface area contributed by atoms with Crippen molar-refractivity contribution in [1.29, 1.82) is 5.26 Å². The summed E-state index contributed by atoms with van der Waals surface area (Å²) in [6, 6.07) is 9.49. The van der Waals surface area contributed by atoms with Gasteiger partial charge in [0.25, 0.3) is 0 Å². The lowest BCUT2D eigenvalue weighted by Crippen LogP contribution is -2.16. The third-order valence-corrected chi connectivity index (χ3v) is 3.76. The average Bonchev–Trinajstić information content (AvgIpc) is 2.60. The van der Waals surface area contributed by atoms with Crippen molar-refractivity contribution in [2.24, 2.45) is 0 Å². The van der Waals surface area contributed by atoms with E-state index in [2.05, 4.69) is 11.1 Å².